The van der Waals surface area contributed by atoms with E-state index in [4.69, 9.17) is 11.6 Å². The highest BCUT2D eigenvalue weighted by molar-refractivity contribution is 6.29. The first-order valence-corrected chi connectivity index (χ1v) is 12.3. The van der Waals surface area contributed by atoms with Crippen LogP contribution in [0.3, 0.4) is 0 Å². The minimum atomic E-state index is -5.22. The second-order valence-corrected chi connectivity index (χ2v) is 11.1. The van der Waals surface area contributed by atoms with E-state index in [1.54, 1.807) is 5.32 Å². The van der Waals surface area contributed by atoms with Crippen LogP contribution in [0.1, 0.15) is 40.0 Å². The molecule has 2 aliphatic heterocycles. The van der Waals surface area contributed by atoms with Crippen LogP contribution in [-0.2, 0) is 24.0 Å². The van der Waals surface area contributed by atoms with Crippen LogP contribution in [0.2, 0.25) is 0 Å². The van der Waals surface area contributed by atoms with Gasteiger partial charge in [-0.05, 0) is 36.5 Å². The van der Waals surface area contributed by atoms with E-state index >= 15 is 0 Å². The Morgan fingerprint density at radius 1 is 1.16 bits per heavy atom. The van der Waals surface area contributed by atoms with Crippen LogP contribution in [0.15, 0.2) is 0 Å². The number of halogens is 5. The summed E-state index contributed by atoms with van der Waals surface area (Å²) in [5.41, 5.74) is -1.37. The minimum Gasteiger partial charge on any atom is -0.356 e. The first-order valence-electron chi connectivity index (χ1n) is 11.9. The first kappa shape index (κ1) is 28.9. The van der Waals surface area contributed by atoms with Crippen molar-refractivity contribution in [2.24, 2.45) is 23.2 Å². The van der Waals surface area contributed by atoms with Crippen LogP contribution in [-0.4, -0.2) is 83.0 Å². The van der Waals surface area contributed by atoms with Crippen molar-refractivity contribution in [1.82, 2.24) is 26.0 Å². The van der Waals surface area contributed by atoms with Crippen LogP contribution < -0.4 is 16.1 Å². The van der Waals surface area contributed by atoms with Crippen molar-refractivity contribution in [2.75, 3.05) is 19.6 Å². The second kappa shape index (κ2) is 10.6. The fraction of sp³-hybridized carbons (Fsp3) is 0.773. The number of fused-ring (bicyclic) bond motifs is 1. The van der Waals surface area contributed by atoms with Gasteiger partial charge in [-0.3, -0.25) is 29.4 Å². The molecule has 1 saturated carbocycles. The Morgan fingerprint density at radius 3 is 2.27 bits per heavy atom. The fourth-order valence-electron chi connectivity index (χ4n) is 4.97. The minimum absolute atomic E-state index is 0.0657. The molecular formula is C22H30ClF4N5O5. The van der Waals surface area contributed by atoms with E-state index in [1.165, 1.54) is 20.8 Å². The SMILES string of the molecule is CC(C)(C)C(NC(=O)C(F)(F)F)C(=O)N1C[C@@H]2CC[C@@H]2[C@H]1C(=O)NN(C[C@@H]1CCNC1=O)C(=O)C(F)Cl. The highest BCUT2D eigenvalue weighted by Gasteiger charge is 2.55. The lowest BCUT2D eigenvalue weighted by Gasteiger charge is -2.37. The standard InChI is InChI=1S/C22H30ClF4N5O5/c1-21(2,3)14(29-20(37)22(25,26)27)18(35)31-8-10-4-5-12(10)13(31)17(34)30-32(19(36)15(23)24)9-11-6-7-28-16(11)33/h10-15H,4-9H2,1-3H3,(H,28,33)(H,29,37)(H,30,34)/t10-,11-,12-,13-,14?,15?/m0/s1. The average Bonchev–Trinajstić information content (AvgIpc) is 3.28. The number of alkyl halides is 5. The molecule has 10 nitrogen and oxygen atoms in total. The molecule has 37 heavy (non-hydrogen) atoms. The summed E-state index contributed by atoms with van der Waals surface area (Å²) < 4.78 is 52.5. The van der Waals surface area contributed by atoms with Gasteiger partial charge in [0.05, 0.1) is 12.5 Å². The van der Waals surface area contributed by atoms with E-state index in [9.17, 15) is 41.5 Å². The van der Waals surface area contributed by atoms with Crippen molar-refractivity contribution >= 4 is 41.1 Å². The summed E-state index contributed by atoms with van der Waals surface area (Å²) in [6, 6.07) is -2.78. The van der Waals surface area contributed by atoms with Gasteiger partial charge in [0, 0.05) is 13.1 Å². The third-order valence-electron chi connectivity index (χ3n) is 7.11. The Balaban J connectivity index is 1.84. The van der Waals surface area contributed by atoms with Crippen LogP contribution in [0.4, 0.5) is 17.6 Å². The van der Waals surface area contributed by atoms with Crippen LogP contribution in [0, 0.1) is 23.2 Å². The smallest absolute Gasteiger partial charge is 0.356 e. The van der Waals surface area contributed by atoms with Gasteiger partial charge in [0.2, 0.25) is 11.8 Å². The molecule has 5 amide bonds. The van der Waals surface area contributed by atoms with Crippen molar-refractivity contribution < 1.29 is 41.5 Å². The molecule has 15 heteroatoms. The van der Waals surface area contributed by atoms with E-state index in [-0.39, 0.29) is 30.8 Å². The van der Waals surface area contributed by atoms with Gasteiger partial charge in [0.25, 0.3) is 17.4 Å². The summed E-state index contributed by atoms with van der Waals surface area (Å²) in [5.74, 6) is -6.89. The van der Waals surface area contributed by atoms with Gasteiger partial charge in [-0.25, -0.2) is 9.40 Å². The lowest BCUT2D eigenvalue weighted by Crippen LogP contribution is -2.61. The number of carbonyl (C=O) groups is 5. The monoisotopic (exact) mass is 555 g/mol. The average molecular weight is 556 g/mol. The number of hydrogen-bond acceptors (Lipinski definition) is 5. The second-order valence-electron chi connectivity index (χ2n) is 10.7. The van der Waals surface area contributed by atoms with Crippen molar-refractivity contribution in [3.05, 3.63) is 0 Å². The summed E-state index contributed by atoms with van der Waals surface area (Å²) in [7, 11) is 0. The molecule has 0 bridgehead atoms. The highest BCUT2D eigenvalue weighted by atomic mass is 35.5. The van der Waals surface area contributed by atoms with E-state index < -0.39 is 58.9 Å². The topological polar surface area (TPSA) is 128 Å². The molecule has 2 unspecified atom stereocenters. The van der Waals surface area contributed by atoms with Gasteiger partial charge in [0.1, 0.15) is 12.1 Å². The van der Waals surface area contributed by atoms with Crippen LogP contribution in [0.5, 0.6) is 0 Å². The normalized spacial score (nSPS) is 26.9. The predicted octanol–water partition coefficient (Wildman–Crippen LogP) is 0.847. The van der Waals surface area contributed by atoms with Gasteiger partial charge in [0.15, 0.2) is 0 Å². The lowest BCUT2D eigenvalue weighted by atomic mass is 9.73. The predicted molar refractivity (Wildman–Crippen MR) is 121 cm³/mol. The summed E-state index contributed by atoms with van der Waals surface area (Å²) in [6.07, 6.45) is -3.67. The maximum atomic E-state index is 13.7. The maximum absolute atomic E-state index is 13.7. The van der Waals surface area contributed by atoms with E-state index in [1.807, 2.05) is 0 Å². The molecule has 2 heterocycles. The van der Waals surface area contributed by atoms with Gasteiger partial charge in [-0.15, -0.1) is 0 Å². The van der Waals surface area contributed by atoms with Crippen molar-refractivity contribution in [3.63, 3.8) is 0 Å². The molecule has 6 atom stereocenters. The fourth-order valence-corrected chi connectivity index (χ4v) is 5.09. The number of rotatable bonds is 6. The largest absolute Gasteiger partial charge is 0.471 e. The third-order valence-corrected chi connectivity index (χ3v) is 7.30. The van der Waals surface area contributed by atoms with Crippen LogP contribution >= 0.6 is 11.6 Å². The van der Waals surface area contributed by atoms with Crippen molar-refractivity contribution in [1.29, 1.82) is 0 Å². The number of carbonyl (C=O) groups excluding carboxylic acids is 5. The summed E-state index contributed by atoms with van der Waals surface area (Å²) in [6.45, 7) is 4.47. The molecule has 3 N–H and O–H groups in total. The Hall–Kier alpha value is -2.64. The zero-order valence-corrected chi connectivity index (χ0v) is 21.3. The van der Waals surface area contributed by atoms with Gasteiger partial charge in [-0.1, -0.05) is 32.4 Å². The third kappa shape index (κ3) is 6.27. The number of likely N-dealkylation sites (tertiary alicyclic amines) is 1. The molecule has 0 aromatic rings. The summed E-state index contributed by atoms with van der Waals surface area (Å²) >= 11 is 5.30. The molecule has 2 saturated heterocycles. The summed E-state index contributed by atoms with van der Waals surface area (Å²) in [5, 5.41) is 4.92. The number of hydrogen-bond donors (Lipinski definition) is 3. The number of amides is 5. The van der Waals surface area contributed by atoms with E-state index in [0.717, 1.165) is 4.90 Å². The van der Waals surface area contributed by atoms with Gasteiger partial charge >= 0.3 is 12.1 Å². The molecular weight excluding hydrogens is 526 g/mol. The van der Waals surface area contributed by atoms with Gasteiger partial charge in [-0.2, -0.15) is 13.2 Å². The number of nitrogens with zero attached hydrogens (tertiary/aromatic N) is 2. The Bertz CT molecular complexity index is 957. The highest BCUT2D eigenvalue weighted by Crippen LogP contribution is 2.45. The van der Waals surface area contributed by atoms with Gasteiger partial charge < -0.3 is 15.5 Å². The molecule has 3 fully saturated rings. The Kier molecular flexibility index (Phi) is 8.30. The molecule has 3 rings (SSSR count). The zero-order valence-electron chi connectivity index (χ0n) is 20.5. The molecule has 0 radical (unpaired) electrons. The van der Waals surface area contributed by atoms with Crippen LogP contribution in [0.25, 0.3) is 0 Å². The molecule has 0 aromatic carbocycles. The lowest BCUT2D eigenvalue weighted by molar-refractivity contribution is -0.176. The number of nitrogens with one attached hydrogen (secondary N) is 3. The molecule has 3 aliphatic rings. The molecule has 0 aromatic heterocycles. The zero-order chi connectivity index (χ0) is 27.9. The Morgan fingerprint density at radius 2 is 1.81 bits per heavy atom. The molecule has 208 valence electrons. The molecule has 1 aliphatic carbocycles. The maximum Gasteiger partial charge on any atom is 0.471 e. The van der Waals surface area contributed by atoms with E-state index in [2.05, 4.69) is 10.7 Å². The molecule has 0 spiro atoms. The first-order chi connectivity index (χ1) is 17.0. The quantitative estimate of drug-likeness (QED) is 0.254. The summed E-state index contributed by atoms with van der Waals surface area (Å²) in [4.78, 5) is 63.9. The number of hydrazine groups is 1. The van der Waals surface area contributed by atoms with Crippen molar-refractivity contribution in [3.8, 4) is 0 Å². The van der Waals surface area contributed by atoms with Crippen molar-refractivity contribution in [2.45, 2.75) is 63.9 Å². The van der Waals surface area contributed by atoms with E-state index in [0.29, 0.717) is 30.8 Å². The Labute approximate surface area is 215 Å².